The smallest absolute Gasteiger partial charge is 0.323 e. The third kappa shape index (κ3) is 4.84. The molecule has 0 radical (unpaired) electrons. The number of aliphatic carboxylic acids is 1. The van der Waals surface area contributed by atoms with Crippen LogP contribution in [0.4, 0.5) is 0 Å². The lowest BCUT2D eigenvalue weighted by Gasteiger charge is -2.25. The molecule has 0 aromatic carbocycles. The number of likely N-dealkylation sites (N-methyl/N-ethyl adjacent to an activating group) is 1. The third-order valence-electron chi connectivity index (χ3n) is 2.97. The minimum absolute atomic E-state index is 0.565. The quantitative estimate of drug-likeness (QED) is 0.753. The highest BCUT2D eigenvalue weighted by Crippen LogP contribution is 2.22. The Bertz CT molecular complexity index is 431. The molecule has 1 aromatic heterocycles. The van der Waals surface area contributed by atoms with Gasteiger partial charge in [-0.15, -0.1) is 11.8 Å². The van der Waals surface area contributed by atoms with E-state index in [9.17, 15) is 9.90 Å². The molecule has 1 aromatic rings. The first-order valence-corrected chi connectivity index (χ1v) is 7.42. The molecule has 0 aliphatic rings. The fraction of sp³-hybridized carbons (Fsp3) is 0.571. The Kier molecular flexibility index (Phi) is 5.82. The van der Waals surface area contributed by atoms with Crippen LogP contribution in [0.3, 0.4) is 0 Å². The number of nitrogens with one attached hydrogen (secondary N) is 1. The van der Waals surface area contributed by atoms with Gasteiger partial charge >= 0.3 is 5.97 Å². The summed E-state index contributed by atoms with van der Waals surface area (Å²) in [6, 6.07) is 4.06. The van der Waals surface area contributed by atoms with Gasteiger partial charge in [-0.2, -0.15) is 0 Å². The lowest BCUT2D eigenvalue weighted by molar-refractivity contribution is -0.144. The molecule has 2 N–H and O–H groups in total. The zero-order valence-corrected chi connectivity index (χ0v) is 12.8. The minimum Gasteiger partial charge on any atom is -0.480 e. The van der Waals surface area contributed by atoms with E-state index in [1.807, 2.05) is 32.9 Å². The molecule has 0 aliphatic heterocycles. The molecule has 1 rings (SSSR count). The van der Waals surface area contributed by atoms with E-state index in [2.05, 4.69) is 10.3 Å². The highest BCUT2D eigenvalue weighted by Gasteiger charge is 2.31. The molecule has 0 saturated heterocycles. The van der Waals surface area contributed by atoms with Gasteiger partial charge in [0.2, 0.25) is 0 Å². The Labute approximate surface area is 119 Å². The fourth-order valence-electron chi connectivity index (χ4n) is 1.90. The van der Waals surface area contributed by atoms with E-state index in [1.165, 1.54) is 5.56 Å². The summed E-state index contributed by atoms with van der Waals surface area (Å²) in [4.78, 5) is 15.7. The summed E-state index contributed by atoms with van der Waals surface area (Å²) >= 11 is 1.60. The van der Waals surface area contributed by atoms with Gasteiger partial charge in [0.15, 0.2) is 0 Å². The number of pyridine rings is 1. The number of aromatic nitrogens is 1. The van der Waals surface area contributed by atoms with Crippen LogP contribution in [0.5, 0.6) is 0 Å². The summed E-state index contributed by atoms with van der Waals surface area (Å²) in [6.07, 6.45) is 0.565. The van der Waals surface area contributed by atoms with Gasteiger partial charge in [-0.25, -0.2) is 4.98 Å². The fourth-order valence-corrected chi connectivity index (χ4v) is 3.10. The molecule has 106 valence electrons. The molecule has 0 saturated carbocycles. The summed E-state index contributed by atoms with van der Waals surface area (Å²) in [5.41, 5.74) is 1.32. The lowest BCUT2D eigenvalue weighted by Crippen LogP contribution is -2.49. The summed E-state index contributed by atoms with van der Waals surface area (Å²) in [5.74, 6) is -0.0746. The minimum atomic E-state index is -0.860. The predicted molar refractivity (Wildman–Crippen MR) is 78.8 cm³/mol. The van der Waals surface area contributed by atoms with Crippen LogP contribution in [0.1, 0.15) is 31.5 Å². The molecule has 1 heterocycles. The first kappa shape index (κ1) is 16.0. The van der Waals surface area contributed by atoms with Gasteiger partial charge in [-0.3, -0.25) is 4.79 Å². The van der Waals surface area contributed by atoms with Crippen molar-refractivity contribution in [2.24, 2.45) is 0 Å². The number of aryl methyl sites for hydroxylation is 2. The van der Waals surface area contributed by atoms with Crippen molar-refractivity contribution in [3.63, 3.8) is 0 Å². The monoisotopic (exact) mass is 282 g/mol. The summed E-state index contributed by atoms with van der Waals surface area (Å²) in [5, 5.41) is 13.3. The van der Waals surface area contributed by atoms with Crippen molar-refractivity contribution in [1.82, 2.24) is 10.3 Å². The van der Waals surface area contributed by atoms with E-state index < -0.39 is 11.5 Å². The Morgan fingerprint density at radius 2 is 2.16 bits per heavy atom. The number of carboxylic acids is 1. The second-order valence-corrected chi connectivity index (χ2v) is 6.01. The molecular weight excluding hydrogens is 260 g/mol. The first-order chi connectivity index (χ1) is 8.87. The van der Waals surface area contributed by atoms with Gasteiger partial charge in [-0.1, -0.05) is 6.92 Å². The van der Waals surface area contributed by atoms with Gasteiger partial charge in [0.05, 0.1) is 5.03 Å². The highest BCUT2D eigenvalue weighted by molar-refractivity contribution is 7.99. The van der Waals surface area contributed by atoms with Crippen molar-refractivity contribution in [1.29, 1.82) is 0 Å². The van der Waals surface area contributed by atoms with Gasteiger partial charge in [0.25, 0.3) is 0 Å². The van der Waals surface area contributed by atoms with Crippen molar-refractivity contribution in [3.8, 4) is 0 Å². The molecule has 19 heavy (non-hydrogen) atoms. The Hall–Kier alpha value is -1.07. The molecule has 0 bridgehead atoms. The van der Waals surface area contributed by atoms with E-state index in [-0.39, 0.29) is 0 Å². The van der Waals surface area contributed by atoms with Crippen LogP contribution in [-0.2, 0) is 4.79 Å². The molecule has 0 amide bonds. The predicted octanol–water partition coefficient (Wildman–Crippen LogP) is 2.63. The molecule has 0 fully saturated rings. The number of hydrogen-bond acceptors (Lipinski definition) is 4. The normalized spacial score (nSPS) is 14.1. The standard InChI is InChI=1S/C14H22N2O2S/c1-5-15-14(4,13(17)18)6-7-19-12-9-10(2)8-11(3)16-12/h8-9,15H,5-7H2,1-4H3,(H,17,18). The Balaban J connectivity index is 2.59. The zero-order chi connectivity index (χ0) is 14.5. The molecule has 1 atom stereocenters. The number of rotatable bonds is 7. The Morgan fingerprint density at radius 1 is 1.47 bits per heavy atom. The average molecular weight is 282 g/mol. The van der Waals surface area contributed by atoms with Crippen molar-refractivity contribution < 1.29 is 9.90 Å². The van der Waals surface area contributed by atoms with Crippen LogP contribution in [0.15, 0.2) is 17.2 Å². The molecule has 5 heteroatoms. The van der Waals surface area contributed by atoms with Gasteiger partial charge in [0, 0.05) is 11.4 Å². The maximum Gasteiger partial charge on any atom is 0.323 e. The van der Waals surface area contributed by atoms with Crippen LogP contribution in [0.25, 0.3) is 0 Å². The molecular formula is C14H22N2O2S. The second-order valence-electron chi connectivity index (χ2n) is 4.89. The van der Waals surface area contributed by atoms with Gasteiger partial charge in [0.1, 0.15) is 5.54 Å². The van der Waals surface area contributed by atoms with E-state index in [0.29, 0.717) is 13.0 Å². The van der Waals surface area contributed by atoms with Gasteiger partial charge < -0.3 is 10.4 Å². The van der Waals surface area contributed by atoms with Crippen LogP contribution >= 0.6 is 11.8 Å². The number of thioether (sulfide) groups is 1. The van der Waals surface area contributed by atoms with E-state index in [0.717, 1.165) is 16.5 Å². The Morgan fingerprint density at radius 3 is 2.68 bits per heavy atom. The number of carboxylic acid groups (broad SMARTS) is 1. The second kappa shape index (κ2) is 6.91. The number of nitrogens with zero attached hydrogens (tertiary/aromatic N) is 1. The topological polar surface area (TPSA) is 62.2 Å². The van der Waals surface area contributed by atoms with Crippen LogP contribution < -0.4 is 5.32 Å². The van der Waals surface area contributed by atoms with Crippen molar-refractivity contribution in [3.05, 3.63) is 23.4 Å². The summed E-state index contributed by atoms with van der Waals surface area (Å²) in [6.45, 7) is 8.30. The number of hydrogen-bond donors (Lipinski definition) is 2. The molecule has 0 spiro atoms. The highest BCUT2D eigenvalue weighted by atomic mass is 32.2. The van der Waals surface area contributed by atoms with E-state index in [1.54, 1.807) is 18.7 Å². The summed E-state index contributed by atoms with van der Waals surface area (Å²) in [7, 11) is 0. The van der Waals surface area contributed by atoms with Crippen LogP contribution in [0, 0.1) is 13.8 Å². The van der Waals surface area contributed by atoms with Crippen LogP contribution in [-0.4, -0.2) is 33.9 Å². The molecule has 0 aliphatic carbocycles. The van der Waals surface area contributed by atoms with E-state index in [4.69, 9.17) is 0 Å². The maximum atomic E-state index is 11.3. The molecule has 1 unspecified atom stereocenters. The van der Waals surface area contributed by atoms with E-state index >= 15 is 0 Å². The zero-order valence-electron chi connectivity index (χ0n) is 12.0. The average Bonchev–Trinajstić information content (AvgIpc) is 2.27. The van der Waals surface area contributed by atoms with Crippen molar-refractivity contribution >= 4 is 17.7 Å². The van der Waals surface area contributed by atoms with Crippen molar-refractivity contribution in [2.75, 3.05) is 12.3 Å². The molecule has 4 nitrogen and oxygen atoms in total. The van der Waals surface area contributed by atoms with Crippen LogP contribution in [0.2, 0.25) is 0 Å². The number of carbonyl (C=O) groups is 1. The largest absolute Gasteiger partial charge is 0.480 e. The van der Waals surface area contributed by atoms with Crippen molar-refractivity contribution in [2.45, 2.75) is 44.7 Å². The lowest BCUT2D eigenvalue weighted by atomic mass is 9.99. The SMILES string of the molecule is CCNC(C)(CCSc1cc(C)cc(C)n1)C(=O)O. The van der Waals surface area contributed by atoms with Gasteiger partial charge in [-0.05, 0) is 51.4 Å². The summed E-state index contributed by atoms with van der Waals surface area (Å²) < 4.78 is 0. The first-order valence-electron chi connectivity index (χ1n) is 6.44. The third-order valence-corrected chi connectivity index (χ3v) is 3.88. The maximum absolute atomic E-state index is 11.3.